The normalized spacial score (nSPS) is 19.4. The lowest BCUT2D eigenvalue weighted by Crippen LogP contribution is -2.39. The van der Waals surface area contributed by atoms with E-state index in [1.54, 1.807) is 24.3 Å². The maximum absolute atomic E-state index is 13.3. The van der Waals surface area contributed by atoms with Gasteiger partial charge in [-0.1, -0.05) is 41.4 Å². The second-order valence-electron chi connectivity index (χ2n) is 5.86. The molecule has 0 aromatic heterocycles. The Morgan fingerprint density at radius 3 is 2.42 bits per heavy atom. The maximum atomic E-state index is 13.3. The summed E-state index contributed by atoms with van der Waals surface area (Å²) >= 11 is 12.2. The first-order valence-corrected chi connectivity index (χ1v) is 8.42. The van der Waals surface area contributed by atoms with Gasteiger partial charge in [0.1, 0.15) is 11.9 Å². The van der Waals surface area contributed by atoms with Crippen LogP contribution in [0, 0.1) is 5.82 Å². The minimum absolute atomic E-state index is 0.316. The fraction of sp³-hybridized carbons (Fsp3) is 0.278. The number of hydrogen-bond acceptors (Lipinski definition) is 2. The molecular weight excluding hydrogens is 352 g/mol. The molecule has 6 heteroatoms. The molecule has 0 radical (unpaired) electrons. The molecule has 2 atom stereocenters. The summed E-state index contributed by atoms with van der Waals surface area (Å²) < 4.78 is 13.3. The first-order chi connectivity index (χ1) is 11.5. The van der Waals surface area contributed by atoms with Crippen LogP contribution < -0.4 is 0 Å². The summed E-state index contributed by atoms with van der Waals surface area (Å²) in [7, 11) is 0. The number of rotatable bonds is 4. The molecule has 3 nitrogen and oxygen atoms in total. The highest BCUT2D eigenvalue weighted by Gasteiger charge is 2.36. The smallest absolute Gasteiger partial charge is 0.320 e. The molecule has 1 N–H and O–H groups in total. The van der Waals surface area contributed by atoms with E-state index in [0.29, 0.717) is 23.0 Å². The summed E-state index contributed by atoms with van der Waals surface area (Å²) in [6.07, 6.45) is 1.39. The molecule has 0 spiro atoms. The van der Waals surface area contributed by atoms with Crippen molar-refractivity contribution in [3.05, 3.63) is 69.5 Å². The molecule has 2 unspecified atom stereocenters. The van der Waals surface area contributed by atoms with Crippen molar-refractivity contribution in [3.8, 4) is 0 Å². The van der Waals surface area contributed by atoms with Crippen molar-refractivity contribution < 1.29 is 14.3 Å². The number of carboxylic acids is 1. The van der Waals surface area contributed by atoms with E-state index < -0.39 is 12.0 Å². The van der Waals surface area contributed by atoms with E-state index in [0.717, 1.165) is 17.5 Å². The minimum atomic E-state index is -0.848. The number of halogens is 3. The molecule has 0 aliphatic carbocycles. The number of aliphatic carboxylic acids is 1. The molecule has 0 amide bonds. The van der Waals surface area contributed by atoms with Crippen LogP contribution in [0.2, 0.25) is 10.0 Å². The van der Waals surface area contributed by atoms with E-state index in [-0.39, 0.29) is 11.9 Å². The first kappa shape index (κ1) is 17.2. The molecule has 3 rings (SSSR count). The van der Waals surface area contributed by atoms with E-state index in [2.05, 4.69) is 0 Å². The van der Waals surface area contributed by atoms with Gasteiger partial charge in [0.15, 0.2) is 0 Å². The van der Waals surface area contributed by atoms with Gasteiger partial charge in [0.05, 0.1) is 16.1 Å². The number of carboxylic acid groups (broad SMARTS) is 1. The molecule has 24 heavy (non-hydrogen) atoms. The molecule has 1 fully saturated rings. The second-order valence-corrected chi connectivity index (χ2v) is 6.68. The fourth-order valence-corrected chi connectivity index (χ4v) is 3.57. The lowest BCUT2D eigenvalue weighted by atomic mass is 9.96. The van der Waals surface area contributed by atoms with Gasteiger partial charge in [0.25, 0.3) is 0 Å². The van der Waals surface area contributed by atoms with Crippen LogP contribution in [0.1, 0.15) is 30.0 Å². The van der Waals surface area contributed by atoms with Gasteiger partial charge < -0.3 is 5.11 Å². The van der Waals surface area contributed by atoms with Gasteiger partial charge in [0, 0.05) is 6.54 Å². The SMILES string of the molecule is O=C(O)C1CCCN1C(c1ccc(F)cc1)c1ccc(Cl)c(Cl)c1. The van der Waals surface area contributed by atoms with E-state index in [1.807, 2.05) is 11.0 Å². The Morgan fingerprint density at radius 2 is 1.79 bits per heavy atom. The van der Waals surface area contributed by atoms with Gasteiger partial charge in [-0.3, -0.25) is 9.69 Å². The van der Waals surface area contributed by atoms with Crippen LogP contribution in [0.25, 0.3) is 0 Å². The number of nitrogens with zero attached hydrogens (tertiary/aromatic N) is 1. The first-order valence-electron chi connectivity index (χ1n) is 7.66. The van der Waals surface area contributed by atoms with E-state index in [1.165, 1.54) is 12.1 Å². The molecule has 1 heterocycles. The number of likely N-dealkylation sites (tertiary alicyclic amines) is 1. The Labute approximate surface area is 149 Å². The van der Waals surface area contributed by atoms with Gasteiger partial charge >= 0.3 is 5.97 Å². The molecule has 2 aromatic carbocycles. The zero-order valence-corrected chi connectivity index (χ0v) is 14.3. The van der Waals surface area contributed by atoms with Crippen LogP contribution in [-0.2, 0) is 4.79 Å². The number of hydrogen-bond donors (Lipinski definition) is 1. The highest BCUT2D eigenvalue weighted by Crippen LogP contribution is 2.37. The van der Waals surface area contributed by atoms with Crippen LogP contribution in [0.4, 0.5) is 4.39 Å². The average molecular weight is 368 g/mol. The van der Waals surface area contributed by atoms with Gasteiger partial charge in [-0.05, 0) is 48.2 Å². The molecule has 0 bridgehead atoms. The van der Waals surface area contributed by atoms with Crippen LogP contribution in [0.5, 0.6) is 0 Å². The van der Waals surface area contributed by atoms with Crippen LogP contribution >= 0.6 is 23.2 Å². The van der Waals surface area contributed by atoms with Crippen molar-refractivity contribution >= 4 is 29.2 Å². The largest absolute Gasteiger partial charge is 0.480 e. The highest BCUT2D eigenvalue weighted by molar-refractivity contribution is 6.42. The number of carbonyl (C=O) groups is 1. The fourth-order valence-electron chi connectivity index (χ4n) is 3.27. The second kappa shape index (κ2) is 7.09. The molecule has 1 aliphatic heterocycles. The summed E-state index contributed by atoms with van der Waals surface area (Å²) in [4.78, 5) is 13.5. The third kappa shape index (κ3) is 3.41. The molecule has 1 saturated heterocycles. The summed E-state index contributed by atoms with van der Waals surface area (Å²) in [5.74, 6) is -1.18. The van der Waals surface area contributed by atoms with Gasteiger partial charge in [0.2, 0.25) is 0 Å². The monoisotopic (exact) mass is 367 g/mol. The molecule has 0 saturated carbocycles. The van der Waals surface area contributed by atoms with Gasteiger partial charge in [-0.25, -0.2) is 4.39 Å². The highest BCUT2D eigenvalue weighted by atomic mass is 35.5. The third-order valence-corrected chi connectivity index (χ3v) is 5.10. The zero-order valence-electron chi connectivity index (χ0n) is 12.8. The molecular formula is C18H16Cl2FNO2. The summed E-state index contributed by atoms with van der Waals surface area (Å²) in [6.45, 7) is 0.652. The molecule has 126 valence electrons. The summed E-state index contributed by atoms with van der Waals surface area (Å²) in [6, 6.07) is 10.5. The quantitative estimate of drug-likeness (QED) is 0.845. The average Bonchev–Trinajstić information content (AvgIpc) is 3.02. The van der Waals surface area contributed by atoms with Crippen molar-refractivity contribution in [1.82, 2.24) is 4.90 Å². The predicted molar refractivity (Wildman–Crippen MR) is 92.1 cm³/mol. The minimum Gasteiger partial charge on any atom is -0.480 e. The Morgan fingerprint density at radius 1 is 1.12 bits per heavy atom. The van der Waals surface area contributed by atoms with E-state index in [9.17, 15) is 14.3 Å². The van der Waals surface area contributed by atoms with Gasteiger partial charge in [-0.2, -0.15) is 0 Å². The molecule has 1 aliphatic rings. The van der Waals surface area contributed by atoms with Crippen LogP contribution in [0.15, 0.2) is 42.5 Å². The van der Waals surface area contributed by atoms with Crippen molar-refractivity contribution in [1.29, 1.82) is 0 Å². The van der Waals surface area contributed by atoms with E-state index in [4.69, 9.17) is 23.2 Å². The van der Waals surface area contributed by atoms with Crippen molar-refractivity contribution in [2.45, 2.75) is 24.9 Å². The van der Waals surface area contributed by atoms with Crippen LogP contribution in [-0.4, -0.2) is 28.6 Å². The Hall–Kier alpha value is -1.62. The third-order valence-electron chi connectivity index (χ3n) is 4.36. The lowest BCUT2D eigenvalue weighted by molar-refractivity contribution is -0.142. The van der Waals surface area contributed by atoms with Crippen LogP contribution in [0.3, 0.4) is 0 Å². The Bertz CT molecular complexity index is 751. The Balaban J connectivity index is 2.08. The molecule has 2 aromatic rings. The zero-order chi connectivity index (χ0) is 17.3. The van der Waals surface area contributed by atoms with Crippen molar-refractivity contribution in [3.63, 3.8) is 0 Å². The number of benzene rings is 2. The predicted octanol–water partition coefficient (Wildman–Crippen LogP) is 4.77. The topological polar surface area (TPSA) is 40.5 Å². The standard InChI is InChI=1S/C18H16Cl2FNO2/c19-14-8-5-12(10-15(14)20)17(11-3-6-13(21)7-4-11)22-9-1-2-16(22)18(23)24/h3-8,10,16-17H,1-2,9H2,(H,23,24). The van der Waals surface area contributed by atoms with Gasteiger partial charge in [-0.15, -0.1) is 0 Å². The van der Waals surface area contributed by atoms with E-state index >= 15 is 0 Å². The van der Waals surface area contributed by atoms with Crippen molar-refractivity contribution in [2.75, 3.05) is 6.54 Å². The summed E-state index contributed by atoms with van der Waals surface area (Å²) in [5, 5.41) is 10.4. The maximum Gasteiger partial charge on any atom is 0.320 e. The lowest BCUT2D eigenvalue weighted by Gasteiger charge is -2.32. The summed E-state index contributed by atoms with van der Waals surface area (Å²) in [5.41, 5.74) is 1.66. The Kier molecular flexibility index (Phi) is 5.09. The van der Waals surface area contributed by atoms with Crippen molar-refractivity contribution in [2.24, 2.45) is 0 Å².